The van der Waals surface area contributed by atoms with Crippen molar-refractivity contribution in [1.29, 1.82) is 0 Å². The number of hydrogen-bond donors (Lipinski definition) is 0. The van der Waals surface area contributed by atoms with Gasteiger partial charge in [-0.3, -0.25) is 0 Å². The molecule has 1 aromatic carbocycles. The fraction of sp³-hybridized carbons (Fsp3) is 0.667. The van der Waals surface area contributed by atoms with Gasteiger partial charge in [-0.1, -0.05) is 39.8 Å². The summed E-state index contributed by atoms with van der Waals surface area (Å²) in [4.78, 5) is 2.63. The second-order valence-electron chi connectivity index (χ2n) is 6.51. The number of hydrogen-bond acceptors (Lipinski definition) is 1. The highest BCUT2D eigenvalue weighted by atomic mass is 15.2. The van der Waals surface area contributed by atoms with Gasteiger partial charge in [0.25, 0.3) is 0 Å². The minimum atomic E-state index is 0.636. The van der Waals surface area contributed by atoms with E-state index in [0.29, 0.717) is 18.0 Å². The summed E-state index contributed by atoms with van der Waals surface area (Å²) < 4.78 is 0. The normalized spacial score (nSPS) is 32.6. The number of anilines is 1. The van der Waals surface area contributed by atoms with Crippen LogP contribution in [0.1, 0.15) is 59.4 Å². The fourth-order valence-corrected chi connectivity index (χ4v) is 3.45. The van der Waals surface area contributed by atoms with Crippen LogP contribution in [0.3, 0.4) is 0 Å². The van der Waals surface area contributed by atoms with Crippen LogP contribution in [0.4, 0.5) is 5.69 Å². The Morgan fingerprint density at radius 3 is 2.16 bits per heavy atom. The Hall–Kier alpha value is -0.980. The minimum absolute atomic E-state index is 0.636. The Labute approximate surface area is 119 Å². The van der Waals surface area contributed by atoms with Gasteiger partial charge in [-0.2, -0.15) is 0 Å². The molecule has 1 aromatic rings. The lowest BCUT2D eigenvalue weighted by atomic mass is 9.92. The highest BCUT2D eigenvalue weighted by Crippen LogP contribution is 2.39. The molecule has 1 heteroatoms. The predicted octanol–water partition coefficient (Wildman–Crippen LogP) is 5.07. The van der Waals surface area contributed by atoms with Crippen LogP contribution < -0.4 is 4.90 Å². The van der Waals surface area contributed by atoms with Gasteiger partial charge in [0, 0.05) is 17.8 Å². The zero-order chi connectivity index (χ0) is 14.2. The molecule has 0 N–H and O–H groups in total. The van der Waals surface area contributed by atoms with E-state index in [1.807, 2.05) is 0 Å². The Morgan fingerprint density at radius 1 is 1.05 bits per heavy atom. The molecule has 5 atom stereocenters. The van der Waals surface area contributed by atoms with Crippen molar-refractivity contribution in [2.45, 2.75) is 66.0 Å². The first-order chi connectivity index (χ1) is 8.97. The van der Waals surface area contributed by atoms with Crippen LogP contribution in [0.25, 0.3) is 0 Å². The van der Waals surface area contributed by atoms with E-state index in [-0.39, 0.29) is 0 Å². The minimum Gasteiger partial charge on any atom is -0.366 e. The first-order valence-electron chi connectivity index (χ1n) is 7.85. The molecule has 106 valence electrons. The van der Waals surface area contributed by atoms with Crippen LogP contribution in [-0.2, 0) is 0 Å². The van der Waals surface area contributed by atoms with E-state index in [9.17, 15) is 0 Å². The molecular weight excluding hydrogens is 230 g/mol. The second-order valence-corrected chi connectivity index (χ2v) is 6.51. The molecule has 1 nitrogen and oxygen atoms in total. The largest absolute Gasteiger partial charge is 0.366 e. The molecule has 0 aromatic heterocycles. The molecule has 1 heterocycles. The van der Waals surface area contributed by atoms with Gasteiger partial charge in [0.1, 0.15) is 0 Å². The Balaban J connectivity index is 2.32. The Bertz CT molecular complexity index is 411. The van der Waals surface area contributed by atoms with Gasteiger partial charge in [0.15, 0.2) is 0 Å². The van der Waals surface area contributed by atoms with Crippen LogP contribution in [0, 0.1) is 11.8 Å². The molecule has 1 saturated heterocycles. The van der Waals surface area contributed by atoms with Crippen LogP contribution in [0.15, 0.2) is 24.3 Å². The number of benzene rings is 1. The van der Waals surface area contributed by atoms with E-state index in [2.05, 4.69) is 70.7 Å². The smallest absolute Gasteiger partial charge is 0.0374 e. The van der Waals surface area contributed by atoms with Gasteiger partial charge in [-0.15, -0.1) is 0 Å². The number of rotatable bonds is 3. The molecule has 0 aliphatic carbocycles. The summed E-state index contributed by atoms with van der Waals surface area (Å²) in [6.07, 6.45) is 1.21. The summed E-state index contributed by atoms with van der Waals surface area (Å²) in [7, 11) is 0. The van der Waals surface area contributed by atoms with Crippen molar-refractivity contribution in [3.8, 4) is 0 Å². The maximum atomic E-state index is 2.63. The van der Waals surface area contributed by atoms with Crippen LogP contribution in [-0.4, -0.2) is 12.1 Å². The predicted molar refractivity (Wildman–Crippen MR) is 84.9 cm³/mol. The van der Waals surface area contributed by atoms with Crippen LogP contribution in [0.5, 0.6) is 0 Å². The van der Waals surface area contributed by atoms with E-state index >= 15 is 0 Å². The molecule has 0 spiro atoms. The third kappa shape index (κ3) is 2.52. The fourth-order valence-electron chi connectivity index (χ4n) is 3.45. The highest BCUT2D eigenvalue weighted by molar-refractivity contribution is 5.52. The first kappa shape index (κ1) is 14.4. The lowest BCUT2D eigenvalue weighted by Crippen LogP contribution is -2.34. The molecule has 0 saturated carbocycles. The lowest BCUT2D eigenvalue weighted by Gasteiger charge is -2.30. The van der Waals surface area contributed by atoms with Gasteiger partial charge in [0.2, 0.25) is 0 Å². The SMILES string of the molecule is CC[C@@H](C)c1cccc(N2C(C)[C@H](C)C(C)[C@@H]2C)c1. The lowest BCUT2D eigenvalue weighted by molar-refractivity contribution is 0.413. The van der Waals surface area contributed by atoms with Crippen molar-refractivity contribution < 1.29 is 0 Å². The molecule has 2 rings (SSSR count). The van der Waals surface area contributed by atoms with Crippen LogP contribution >= 0.6 is 0 Å². The number of nitrogens with zero attached hydrogens (tertiary/aromatic N) is 1. The topological polar surface area (TPSA) is 3.24 Å². The zero-order valence-electron chi connectivity index (χ0n) is 13.4. The van der Waals surface area contributed by atoms with Crippen molar-refractivity contribution in [2.75, 3.05) is 4.90 Å². The summed E-state index contributed by atoms with van der Waals surface area (Å²) in [5.74, 6) is 2.19. The molecule has 1 aliphatic heterocycles. The van der Waals surface area contributed by atoms with E-state index in [1.165, 1.54) is 17.7 Å². The van der Waals surface area contributed by atoms with Gasteiger partial charge in [0.05, 0.1) is 0 Å². The molecule has 1 aliphatic rings. The average molecular weight is 259 g/mol. The standard InChI is InChI=1S/C18H29N/c1-7-12(2)17-9-8-10-18(11-17)19-15(5)13(3)14(4)16(19)6/h8-16H,7H2,1-6H3/t12-,13-,14?,15?,16+/m1/s1. The van der Waals surface area contributed by atoms with Gasteiger partial charge in [-0.25, -0.2) is 0 Å². The molecule has 2 unspecified atom stereocenters. The van der Waals surface area contributed by atoms with E-state index < -0.39 is 0 Å². The van der Waals surface area contributed by atoms with Crippen molar-refractivity contribution in [3.63, 3.8) is 0 Å². The van der Waals surface area contributed by atoms with Crippen molar-refractivity contribution in [1.82, 2.24) is 0 Å². The van der Waals surface area contributed by atoms with E-state index in [4.69, 9.17) is 0 Å². The summed E-state index contributed by atoms with van der Waals surface area (Å²) in [6.45, 7) is 14.1. The Morgan fingerprint density at radius 2 is 1.63 bits per heavy atom. The highest BCUT2D eigenvalue weighted by Gasteiger charge is 2.39. The quantitative estimate of drug-likeness (QED) is 0.732. The summed E-state index contributed by atoms with van der Waals surface area (Å²) in [6, 6.07) is 10.5. The monoisotopic (exact) mass is 259 g/mol. The molecule has 0 bridgehead atoms. The average Bonchev–Trinajstić information content (AvgIpc) is 2.62. The van der Waals surface area contributed by atoms with Gasteiger partial charge in [-0.05, 0) is 55.7 Å². The maximum Gasteiger partial charge on any atom is 0.0374 e. The van der Waals surface area contributed by atoms with Crippen molar-refractivity contribution in [3.05, 3.63) is 29.8 Å². The van der Waals surface area contributed by atoms with E-state index in [1.54, 1.807) is 0 Å². The maximum absolute atomic E-state index is 2.63. The van der Waals surface area contributed by atoms with Gasteiger partial charge >= 0.3 is 0 Å². The van der Waals surface area contributed by atoms with Crippen LogP contribution in [0.2, 0.25) is 0 Å². The van der Waals surface area contributed by atoms with Crippen molar-refractivity contribution >= 4 is 5.69 Å². The summed E-state index contributed by atoms with van der Waals surface area (Å²) in [5, 5.41) is 0. The summed E-state index contributed by atoms with van der Waals surface area (Å²) in [5.41, 5.74) is 2.89. The second kappa shape index (κ2) is 5.56. The van der Waals surface area contributed by atoms with E-state index in [0.717, 1.165) is 11.8 Å². The Kier molecular flexibility index (Phi) is 4.23. The summed E-state index contributed by atoms with van der Waals surface area (Å²) >= 11 is 0. The zero-order valence-corrected chi connectivity index (χ0v) is 13.4. The molecule has 0 radical (unpaired) electrons. The third-order valence-corrected chi connectivity index (χ3v) is 5.58. The molecular formula is C18H29N. The molecule has 19 heavy (non-hydrogen) atoms. The molecule has 0 amide bonds. The van der Waals surface area contributed by atoms with Gasteiger partial charge < -0.3 is 4.90 Å². The third-order valence-electron chi connectivity index (χ3n) is 5.58. The first-order valence-corrected chi connectivity index (χ1v) is 7.85. The molecule has 1 fully saturated rings. The van der Waals surface area contributed by atoms with Crippen molar-refractivity contribution in [2.24, 2.45) is 11.8 Å².